The number of pyridine rings is 1. The first-order valence-corrected chi connectivity index (χ1v) is 9.62. The van der Waals surface area contributed by atoms with Gasteiger partial charge in [0.2, 0.25) is 0 Å². The average Bonchev–Trinajstić information content (AvgIpc) is 3.11. The number of fused-ring (bicyclic) bond motifs is 4. The topological polar surface area (TPSA) is 36.3 Å². The van der Waals surface area contributed by atoms with Crippen molar-refractivity contribution in [3.63, 3.8) is 0 Å². The van der Waals surface area contributed by atoms with E-state index < -0.39 is 6.36 Å². The number of hydrogen-bond acceptors (Lipinski definition) is 3. The minimum Gasteiger partial charge on any atom is -0.497 e. The molecule has 0 spiro atoms. The third-order valence-corrected chi connectivity index (χ3v) is 5.24. The minimum absolute atomic E-state index is 0.260. The Hall–Kier alpha value is -3.74. The molecule has 0 unspecified atom stereocenters. The molecule has 0 aliphatic carbocycles. The Kier molecular flexibility index (Phi) is 4.46. The standard InChI is InChI=1S/C24H17F3N2O2/c1-30-17-8-6-15(7-9-17)14-29-22-5-3-2-4-16(22)12-20-19-13-18(31-24(25,26)27)10-11-21(19)28-23(20)29/h2-13H,14H2,1H3. The van der Waals surface area contributed by atoms with Crippen molar-refractivity contribution in [3.8, 4) is 22.9 Å². The van der Waals surface area contributed by atoms with Crippen LogP contribution in [-0.4, -0.2) is 23.0 Å². The van der Waals surface area contributed by atoms with Crippen molar-refractivity contribution in [2.45, 2.75) is 12.9 Å². The molecule has 3 aromatic rings. The molecule has 0 fully saturated rings. The summed E-state index contributed by atoms with van der Waals surface area (Å²) in [5, 5.41) is 1.59. The van der Waals surface area contributed by atoms with Crippen LogP contribution in [-0.2, 0) is 6.54 Å². The Bertz CT molecular complexity index is 1360. The van der Waals surface area contributed by atoms with Crippen molar-refractivity contribution in [1.29, 1.82) is 0 Å². The van der Waals surface area contributed by atoms with E-state index >= 15 is 0 Å². The van der Waals surface area contributed by atoms with Crippen molar-refractivity contribution in [1.82, 2.24) is 9.55 Å². The first-order chi connectivity index (χ1) is 14.9. The molecular weight excluding hydrogens is 405 g/mol. The molecule has 0 N–H and O–H groups in total. The highest BCUT2D eigenvalue weighted by molar-refractivity contribution is 6.01. The number of alkyl halides is 3. The van der Waals surface area contributed by atoms with E-state index in [0.29, 0.717) is 23.3 Å². The molecule has 2 aliphatic heterocycles. The number of hydrogen-bond donors (Lipinski definition) is 0. The van der Waals surface area contributed by atoms with E-state index in [1.807, 2.05) is 54.6 Å². The molecule has 2 heterocycles. The van der Waals surface area contributed by atoms with Gasteiger partial charge in [0.1, 0.15) is 17.3 Å². The molecule has 0 amide bonds. The molecule has 0 bridgehead atoms. The van der Waals surface area contributed by atoms with Gasteiger partial charge < -0.3 is 14.0 Å². The molecule has 5 rings (SSSR count). The Morgan fingerprint density at radius 3 is 2.39 bits per heavy atom. The van der Waals surface area contributed by atoms with Gasteiger partial charge in [-0.15, -0.1) is 13.2 Å². The molecule has 0 radical (unpaired) electrons. The lowest BCUT2D eigenvalue weighted by Crippen LogP contribution is -2.16. The smallest absolute Gasteiger partial charge is 0.497 e. The van der Waals surface area contributed by atoms with E-state index in [-0.39, 0.29) is 5.75 Å². The zero-order chi connectivity index (χ0) is 21.6. The fourth-order valence-corrected chi connectivity index (χ4v) is 3.87. The zero-order valence-corrected chi connectivity index (χ0v) is 16.5. The number of aromatic nitrogens is 2. The van der Waals surface area contributed by atoms with Crippen LogP contribution in [0.1, 0.15) is 5.56 Å². The second kappa shape index (κ2) is 7.19. The number of ether oxygens (including phenoxy) is 2. The van der Waals surface area contributed by atoms with Crippen LogP contribution in [0.3, 0.4) is 0 Å². The van der Waals surface area contributed by atoms with Gasteiger partial charge in [0.05, 0.1) is 18.1 Å². The van der Waals surface area contributed by atoms with Crippen LogP contribution in [0.15, 0.2) is 72.8 Å². The number of nitrogens with zero attached hydrogens (tertiary/aromatic N) is 2. The van der Waals surface area contributed by atoms with Gasteiger partial charge in [-0.05, 0) is 53.4 Å². The van der Waals surface area contributed by atoms with E-state index in [0.717, 1.165) is 27.8 Å². The predicted molar refractivity (Wildman–Crippen MR) is 113 cm³/mol. The quantitative estimate of drug-likeness (QED) is 0.344. The summed E-state index contributed by atoms with van der Waals surface area (Å²) in [6.45, 7) is 0.553. The van der Waals surface area contributed by atoms with Crippen LogP contribution >= 0.6 is 0 Å². The van der Waals surface area contributed by atoms with Gasteiger partial charge in [-0.2, -0.15) is 0 Å². The van der Waals surface area contributed by atoms with Crippen molar-refractivity contribution in [3.05, 3.63) is 78.4 Å². The van der Waals surface area contributed by atoms with Crippen LogP contribution in [0.4, 0.5) is 13.2 Å². The van der Waals surface area contributed by atoms with E-state index in [2.05, 4.69) is 9.30 Å². The van der Waals surface area contributed by atoms with Gasteiger partial charge in [0, 0.05) is 17.5 Å². The number of para-hydroxylation sites is 1. The Morgan fingerprint density at radius 2 is 1.65 bits per heavy atom. The normalized spacial score (nSPS) is 12.0. The Labute approximate surface area is 175 Å². The molecule has 3 aromatic carbocycles. The number of methoxy groups -OCH3 is 1. The van der Waals surface area contributed by atoms with Crippen molar-refractivity contribution in [2.24, 2.45) is 0 Å². The zero-order valence-electron chi connectivity index (χ0n) is 16.5. The van der Waals surface area contributed by atoms with Crippen LogP contribution in [0.5, 0.6) is 11.5 Å². The first kappa shape index (κ1) is 19.2. The molecule has 4 nitrogen and oxygen atoms in total. The summed E-state index contributed by atoms with van der Waals surface area (Å²) in [5.74, 6) is 1.21. The summed E-state index contributed by atoms with van der Waals surface area (Å²) in [5.41, 5.74) is 3.43. The second-order valence-electron chi connectivity index (χ2n) is 7.21. The lowest BCUT2D eigenvalue weighted by atomic mass is 10.1. The van der Waals surface area contributed by atoms with Crippen LogP contribution < -0.4 is 9.47 Å². The summed E-state index contributed by atoms with van der Waals surface area (Å²) < 4.78 is 49.5. The van der Waals surface area contributed by atoms with Crippen LogP contribution in [0.25, 0.3) is 33.2 Å². The summed E-state index contributed by atoms with van der Waals surface area (Å²) in [7, 11) is 1.62. The molecule has 0 atom stereocenters. The predicted octanol–water partition coefficient (Wildman–Crippen LogP) is 6.25. The van der Waals surface area contributed by atoms with Gasteiger partial charge in [0.15, 0.2) is 0 Å². The summed E-state index contributed by atoms with van der Waals surface area (Å²) >= 11 is 0. The number of halogens is 3. The molecule has 0 saturated carbocycles. The summed E-state index contributed by atoms with van der Waals surface area (Å²) in [6, 6.07) is 21.8. The van der Waals surface area contributed by atoms with E-state index in [1.54, 1.807) is 13.2 Å². The van der Waals surface area contributed by atoms with Crippen LogP contribution in [0.2, 0.25) is 0 Å². The highest BCUT2D eigenvalue weighted by Gasteiger charge is 2.31. The van der Waals surface area contributed by atoms with Gasteiger partial charge in [-0.25, -0.2) is 4.98 Å². The molecule has 0 aromatic heterocycles. The van der Waals surface area contributed by atoms with E-state index in [9.17, 15) is 13.2 Å². The third-order valence-electron chi connectivity index (χ3n) is 5.24. The molecule has 7 heteroatoms. The third kappa shape index (κ3) is 3.63. The van der Waals surface area contributed by atoms with Crippen molar-refractivity contribution in [2.75, 3.05) is 7.11 Å². The second-order valence-corrected chi connectivity index (χ2v) is 7.21. The fourth-order valence-electron chi connectivity index (χ4n) is 3.87. The SMILES string of the molecule is COc1ccc(Cn2c3nc4ccc(OC(F)(F)F)cc4c-3cc3ccccc32)cc1. The molecular formula is C24H17F3N2O2. The molecule has 2 aliphatic rings. The number of rotatable bonds is 4. The highest BCUT2D eigenvalue weighted by atomic mass is 19.4. The van der Waals surface area contributed by atoms with E-state index in [1.165, 1.54) is 12.1 Å². The molecule has 156 valence electrons. The van der Waals surface area contributed by atoms with Gasteiger partial charge >= 0.3 is 6.36 Å². The first-order valence-electron chi connectivity index (χ1n) is 9.62. The monoisotopic (exact) mass is 422 g/mol. The summed E-state index contributed by atoms with van der Waals surface area (Å²) in [4.78, 5) is 4.73. The highest BCUT2D eigenvalue weighted by Crippen LogP contribution is 2.37. The average molecular weight is 422 g/mol. The maximum atomic E-state index is 12.7. The van der Waals surface area contributed by atoms with E-state index in [4.69, 9.17) is 9.72 Å². The Balaban J connectivity index is 1.69. The fraction of sp³-hybridized carbons (Fsp3) is 0.125. The van der Waals surface area contributed by atoms with Crippen LogP contribution in [0, 0.1) is 0 Å². The maximum absolute atomic E-state index is 12.7. The molecule has 31 heavy (non-hydrogen) atoms. The lowest BCUT2D eigenvalue weighted by molar-refractivity contribution is -0.274. The van der Waals surface area contributed by atoms with Crippen molar-refractivity contribution >= 4 is 21.8 Å². The largest absolute Gasteiger partial charge is 0.573 e. The van der Waals surface area contributed by atoms with Gasteiger partial charge in [-0.3, -0.25) is 0 Å². The Morgan fingerprint density at radius 1 is 0.903 bits per heavy atom. The summed E-state index contributed by atoms with van der Waals surface area (Å²) in [6.07, 6.45) is -4.75. The maximum Gasteiger partial charge on any atom is 0.573 e. The van der Waals surface area contributed by atoms with Gasteiger partial charge in [0.25, 0.3) is 0 Å². The van der Waals surface area contributed by atoms with Gasteiger partial charge in [-0.1, -0.05) is 30.3 Å². The lowest BCUT2D eigenvalue weighted by Gasteiger charge is -2.16. The number of benzene rings is 3. The van der Waals surface area contributed by atoms with Crippen molar-refractivity contribution < 1.29 is 22.6 Å². The molecule has 0 saturated heterocycles. The minimum atomic E-state index is -4.75.